The summed E-state index contributed by atoms with van der Waals surface area (Å²) in [6.07, 6.45) is 12.4. The third-order valence-corrected chi connectivity index (χ3v) is 4.42. The minimum absolute atomic E-state index is 0.612. The van der Waals surface area contributed by atoms with Crippen LogP contribution >= 0.6 is 0 Å². The van der Waals surface area contributed by atoms with Crippen LogP contribution in [0, 0.1) is 11.8 Å². The van der Waals surface area contributed by atoms with E-state index in [0.717, 1.165) is 11.8 Å². The van der Waals surface area contributed by atoms with Gasteiger partial charge < -0.3 is 5.32 Å². The van der Waals surface area contributed by atoms with Gasteiger partial charge in [-0.05, 0) is 43.2 Å². The number of nitrogens with zero attached hydrogens (tertiary/aromatic N) is 2. The van der Waals surface area contributed by atoms with Gasteiger partial charge in [-0.2, -0.15) is 5.10 Å². The molecule has 1 aliphatic rings. The van der Waals surface area contributed by atoms with E-state index < -0.39 is 0 Å². The van der Waals surface area contributed by atoms with Gasteiger partial charge >= 0.3 is 0 Å². The summed E-state index contributed by atoms with van der Waals surface area (Å²) < 4.78 is 1.91. The van der Waals surface area contributed by atoms with Gasteiger partial charge in [-0.3, -0.25) is 4.68 Å². The van der Waals surface area contributed by atoms with E-state index in [-0.39, 0.29) is 0 Å². The summed E-state index contributed by atoms with van der Waals surface area (Å²) >= 11 is 0. The van der Waals surface area contributed by atoms with Gasteiger partial charge in [-0.1, -0.05) is 33.1 Å². The maximum atomic E-state index is 4.26. The Morgan fingerprint density at radius 3 is 2.68 bits per heavy atom. The molecule has 3 heteroatoms. The normalized spacial score (nSPS) is 24.0. The summed E-state index contributed by atoms with van der Waals surface area (Å²) in [5.74, 6) is 1.79. The minimum atomic E-state index is 0.612. The molecule has 1 N–H and O–H groups in total. The number of aryl methyl sites for hydroxylation is 2. The lowest BCUT2D eigenvalue weighted by Crippen LogP contribution is -2.34. The maximum Gasteiger partial charge on any atom is 0.0521 e. The quantitative estimate of drug-likeness (QED) is 0.854. The molecule has 1 fully saturated rings. The number of hydrogen-bond donors (Lipinski definition) is 1. The lowest BCUT2D eigenvalue weighted by molar-refractivity contribution is 0.214. The molecule has 1 aromatic heterocycles. The van der Waals surface area contributed by atoms with Gasteiger partial charge in [0.2, 0.25) is 0 Å². The Labute approximate surface area is 117 Å². The molecule has 0 aromatic carbocycles. The Morgan fingerprint density at radius 2 is 2.05 bits per heavy atom. The third kappa shape index (κ3) is 4.64. The SMILES string of the molecule is CC(C)NCC1CCCCC1CCc1cnn(C)c1. The molecule has 1 aliphatic carbocycles. The first-order valence-electron chi connectivity index (χ1n) is 7.86. The van der Waals surface area contributed by atoms with Crippen molar-refractivity contribution in [2.24, 2.45) is 18.9 Å². The van der Waals surface area contributed by atoms with Crippen LogP contribution < -0.4 is 5.32 Å². The van der Waals surface area contributed by atoms with Crippen molar-refractivity contribution in [1.29, 1.82) is 0 Å². The second kappa shape index (κ2) is 7.09. The molecule has 3 nitrogen and oxygen atoms in total. The average Bonchev–Trinajstić information content (AvgIpc) is 2.80. The molecule has 2 unspecified atom stereocenters. The van der Waals surface area contributed by atoms with E-state index in [1.165, 1.54) is 50.6 Å². The lowest BCUT2D eigenvalue weighted by atomic mass is 9.76. The molecule has 0 bridgehead atoms. The molecule has 0 saturated heterocycles. The van der Waals surface area contributed by atoms with Crippen molar-refractivity contribution in [1.82, 2.24) is 15.1 Å². The largest absolute Gasteiger partial charge is 0.314 e. The Bertz CT molecular complexity index is 370. The van der Waals surface area contributed by atoms with Crippen LogP contribution in [0.5, 0.6) is 0 Å². The van der Waals surface area contributed by atoms with Gasteiger partial charge in [0.05, 0.1) is 6.20 Å². The molecule has 0 radical (unpaired) electrons. The Kier molecular flexibility index (Phi) is 5.44. The van der Waals surface area contributed by atoms with E-state index in [9.17, 15) is 0 Å². The average molecular weight is 263 g/mol. The number of rotatable bonds is 6. The first-order chi connectivity index (χ1) is 9.15. The van der Waals surface area contributed by atoms with E-state index in [0.29, 0.717) is 6.04 Å². The standard InChI is InChI=1S/C16H29N3/c1-13(2)17-11-16-7-5-4-6-15(16)9-8-14-10-18-19(3)12-14/h10,12-13,15-17H,4-9,11H2,1-3H3. The summed E-state index contributed by atoms with van der Waals surface area (Å²) in [5, 5.41) is 7.89. The van der Waals surface area contributed by atoms with Crippen LogP contribution in [0.2, 0.25) is 0 Å². The zero-order valence-electron chi connectivity index (χ0n) is 12.7. The van der Waals surface area contributed by atoms with Crippen LogP contribution in [0.15, 0.2) is 12.4 Å². The monoisotopic (exact) mass is 263 g/mol. The molecule has 1 saturated carbocycles. The van der Waals surface area contributed by atoms with E-state index in [1.807, 2.05) is 17.9 Å². The van der Waals surface area contributed by atoms with Crippen molar-refractivity contribution in [3.8, 4) is 0 Å². The summed E-state index contributed by atoms with van der Waals surface area (Å²) in [5.41, 5.74) is 1.39. The van der Waals surface area contributed by atoms with E-state index in [1.54, 1.807) is 0 Å². The van der Waals surface area contributed by atoms with E-state index in [4.69, 9.17) is 0 Å². The number of nitrogens with one attached hydrogen (secondary N) is 1. The summed E-state index contributed by atoms with van der Waals surface area (Å²) in [7, 11) is 2.00. The fourth-order valence-corrected chi connectivity index (χ4v) is 3.27. The summed E-state index contributed by atoms with van der Waals surface area (Å²) in [6, 6.07) is 0.612. The smallest absolute Gasteiger partial charge is 0.0521 e. The van der Waals surface area contributed by atoms with E-state index >= 15 is 0 Å². The molecule has 1 aromatic rings. The van der Waals surface area contributed by atoms with Gasteiger partial charge in [0.1, 0.15) is 0 Å². The van der Waals surface area contributed by atoms with Crippen LogP contribution in [-0.4, -0.2) is 22.4 Å². The molecule has 0 aliphatic heterocycles. The zero-order valence-corrected chi connectivity index (χ0v) is 12.7. The molecule has 1 heterocycles. The van der Waals surface area contributed by atoms with Crippen LogP contribution in [0.4, 0.5) is 0 Å². The van der Waals surface area contributed by atoms with Gasteiger partial charge in [0, 0.05) is 19.3 Å². The molecular formula is C16H29N3. The van der Waals surface area contributed by atoms with Gasteiger partial charge in [0.25, 0.3) is 0 Å². The summed E-state index contributed by atoms with van der Waals surface area (Å²) in [6.45, 7) is 5.69. The van der Waals surface area contributed by atoms with Crippen molar-refractivity contribution in [3.05, 3.63) is 18.0 Å². The molecule has 19 heavy (non-hydrogen) atoms. The van der Waals surface area contributed by atoms with Crippen LogP contribution in [-0.2, 0) is 13.5 Å². The van der Waals surface area contributed by atoms with Gasteiger partial charge in [-0.25, -0.2) is 0 Å². The van der Waals surface area contributed by atoms with Crippen molar-refractivity contribution in [3.63, 3.8) is 0 Å². The van der Waals surface area contributed by atoms with Crippen molar-refractivity contribution in [2.75, 3.05) is 6.54 Å². The zero-order chi connectivity index (χ0) is 13.7. The maximum absolute atomic E-state index is 4.26. The molecule has 108 valence electrons. The van der Waals surface area contributed by atoms with Crippen molar-refractivity contribution >= 4 is 0 Å². The lowest BCUT2D eigenvalue weighted by Gasteiger charge is -2.32. The highest BCUT2D eigenvalue weighted by molar-refractivity contribution is 5.03. The highest BCUT2D eigenvalue weighted by atomic mass is 15.2. The number of hydrogen-bond acceptors (Lipinski definition) is 2. The van der Waals surface area contributed by atoms with Gasteiger partial charge in [-0.15, -0.1) is 0 Å². The predicted octanol–water partition coefficient (Wildman–Crippen LogP) is 3.16. The summed E-state index contributed by atoms with van der Waals surface area (Å²) in [4.78, 5) is 0. The fraction of sp³-hybridized carbons (Fsp3) is 0.812. The third-order valence-electron chi connectivity index (χ3n) is 4.42. The van der Waals surface area contributed by atoms with E-state index in [2.05, 4.69) is 30.5 Å². The first kappa shape index (κ1) is 14.6. The molecule has 0 spiro atoms. The van der Waals surface area contributed by atoms with Crippen molar-refractivity contribution in [2.45, 2.75) is 58.4 Å². The number of aromatic nitrogens is 2. The van der Waals surface area contributed by atoms with Gasteiger partial charge in [0.15, 0.2) is 0 Å². The fourth-order valence-electron chi connectivity index (χ4n) is 3.27. The Hall–Kier alpha value is -0.830. The molecule has 0 amide bonds. The molecular weight excluding hydrogens is 234 g/mol. The second-order valence-corrected chi connectivity index (χ2v) is 6.43. The minimum Gasteiger partial charge on any atom is -0.314 e. The molecule has 2 rings (SSSR count). The Balaban J connectivity index is 1.81. The molecule has 2 atom stereocenters. The topological polar surface area (TPSA) is 29.9 Å². The van der Waals surface area contributed by atoms with Crippen molar-refractivity contribution < 1.29 is 0 Å². The first-order valence-corrected chi connectivity index (χ1v) is 7.86. The second-order valence-electron chi connectivity index (χ2n) is 6.43. The predicted molar refractivity (Wildman–Crippen MR) is 80.1 cm³/mol. The van der Waals surface area contributed by atoms with Crippen LogP contribution in [0.25, 0.3) is 0 Å². The highest BCUT2D eigenvalue weighted by Crippen LogP contribution is 2.32. The highest BCUT2D eigenvalue weighted by Gasteiger charge is 2.24. The van der Waals surface area contributed by atoms with Crippen LogP contribution in [0.1, 0.15) is 51.5 Å². The van der Waals surface area contributed by atoms with Crippen LogP contribution in [0.3, 0.4) is 0 Å². The Morgan fingerprint density at radius 1 is 1.32 bits per heavy atom.